The summed E-state index contributed by atoms with van der Waals surface area (Å²) >= 11 is 0. The number of amides is 1. The first-order chi connectivity index (χ1) is 13.3. The van der Waals surface area contributed by atoms with Gasteiger partial charge in [0, 0.05) is 25.0 Å². The Morgan fingerprint density at radius 1 is 1.11 bits per heavy atom. The molecule has 1 heterocycles. The maximum Gasteiger partial charge on any atom is 0.255 e. The molecule has 0 N–H and O–H groups in total. The fourth-order valence-corrected chi connectivity index (χ4v) is 3.52. The van der Waals surface area contributed by atoms with Gasteiger partial charge in [0.2, 0.25) is 0 Å². The van der Waals surface area contributed by atoms with Gasteiger partial charge < -0.3 is 9.64 Å². The smallest absolute Gasteiger partial charge is 0.255 e. The minimum absolute atomic E-state index is 0.0660. The first kappa shape index (κ1) is 17.8. The number of allylic oxidation sites excluding steroid dienone is 2. The average molecular weight is 362 g/mol. The molecule has 1 atom stereocenters. The normalized spacial score (nSPS) is 18.9. The van der Waals surface area contributed by atoms with Gasteiger partial charge in [-0.15, -0.1) is 0 Å². The molecular weight excluding hydrogens is 336 g/mol. The van der Waals surface area contributed by atoms with E-state index in [0.717, 1.165) is 43.6 Å². The summed E-state index contributed by atoms with van der Waals surface area (Å²) in [6.45, 7) is 1.41. The van der Waals surface area contributed by atoms with Crippen molar-refractivity contribution < 1.29 is 9.53 Å². The maximum atomic E-state index is 12.8. The minimum Gasteiger partial charge on any atom is -0.493 e. The molecule has 1 saturated carbocycles. The van der Waals surface area contributed by atoms with Crippen molar-refractivity contribution in [2.24, 2.45) is 5.92 Å². The van der Waals surface area contributed by atoms with Crippen molar-refractivity contribution in [2.75, 3.05) is 6.61 Å². The molecule has 1 fully saturated rings. The molecule has 27 heavy (non-hydrogen) atoms. The van der Waals surface area contributed by atoms with Crippen molar-refractivity contribution >= 4 is 5.91 Å². The molecule has 2 aliphatic carbocycles. The lowest BCUT2D eigenvalue weighted by Gasteiger charge is -2.23. The molecule has 0 unspecified atom stereocenters. The van der Waals surface area contributed by atoms with Gasteiger partial charge in [0.05, 0.1) is 12.2 Å². The van der Waals surface area contributed by atoms with Crippen molar-refractivity contribution in [1.29, 1.82) is 0 Å². The number of hydrogen-bond donors (Lipinski definition) is 0. The van der Waals surface area contributed by atoms with Crippen LogP contribution in [0.2, 0.25) is 0 Å². The second-order valence-electron chi connectivity index (χ2n) is 7.51. The zero-order valence-electron chi connectivity index (χ0n) is 15.6. The van der Waals surface area contributed by atoms with E-state index in [1.165, 1.54) is 6.42 Å². The van der Waals surface area contributed by atoms with E-state index in [2.05, 4.69) is 29.3 Å². The van der Waals surface area contributed by atoms with Crippen LogP contribution in [0.1, 0.15) is 48.0 Å². The van der Waals surface area contributed by atoms with Gasteiger partial charge in [0.25, 0.3) is 5.91 Å². The topological polar surface area (TPSA) is 42.4 Å². The van der Waals surface area contributed by atoms with Crippen LogP contribution in [0.3, 0.4) is 0 Å². The van der Waals surface area contributed by atoms with Crippen LogP contribution < -0.4 is 4.74 Å². The van der Waals surface area contributed by atoms with Crippen LogP contribution in [0, 0.1) is 5.92 Å². The van der Waals surface area contributed by atoms with Gasteiger partial charge in [-0.25, -0.2) is 0 Å². The molecule has 140 valence electrons. The van der Waals surface area contributed by atoms with E-state index < -0.39 is 0 Å². The number of carbonyl (C=O) groups excluding carboxylic acids is 1. The van der Waals surface area contributed by atoms with E-state index in [-0.39, 0.29) is 5.91 Å². The summed E-state index contributed by atoms with van der Waals surface area (Å²) in [6.07, 6.45) is 13.5. The first-order valence-corrected chi connectivity index (χ1v) is 9.87. The summed E-state index contributed by atoms with van der Waals surface area (Å²) < 4.78 is 5.96. The third-order valence-electron chi connectivity index (χ3n) is 5.30. The molecule has 0 aliphatic heterocycles. The summed E-state index contributed by atoms with van der Waals surface area (Å²) in [7, 11) is 0. The van der Waals surface area contributed by atoms with Crippen LogP contribution >= 0.6 is 0 Å². The average Bonchev–Trinajstić information content (AvgIpc) is 3.57. The quantitative estimate of drug-likeness (QED) is 0.675. The van der Waals surface area contributed by atoms with Crippen molar-refractivity contribution in [2.45, 2.75) is 44.7 Å². The van der Waals surface area contributed by atoms with E-state index in [9.17, 15) is 4.79 Å². The molecule has 1 aromatic carbocycles. The third kappa shape index (κ3) is 4.76. The lowest BCUT2D eigenvalue weighted by molar-refractivity contribution is 0.0729. The molecule has 2 aliphatic rings. The van der Waals surface area contributed by atoms with Crippen LogP contribution in [0.15, 0.2) is 60.9 Å². The largest absolute Gasteiger partial charge is 0.493 e. The van der Waals surface area contributed by atoms with Gasteiger partial charge in [0.1, 0.15) is 5.75 Å². The number of pyridine rings is 1. The standard InChI is InChI=1S/C23H26N2O2/c26-23(20-7-4-14-24-15-20)25(21-10-11-21)16-18-8-12-22(13-9-18)27-17-19-5-2-1-3-6-19/h1-2,4,7-9,12-15,19,21H,3,5-6,10-11,16-17H2/t19-/m1/s1. The second-order valence-corrected chi connectivity index (χ2v) is 7.51. The van der Waals surface area contributed by atoms with E-state index in [4.69, 9.17) is 4.74 Å². The molecule has 1 amide bonds. The minimum atomic E-state index is 0.0660. The Kier molecular flexibility index (Phi) is 5.52. The number of aromatic nitrogens is 1. The maximum absolute atomic E-state index is 12.8. The monoisotopic (exact) mass is 362 g/mol. The van der Waals surface area contributed by atoms with Gasteiger partial charge in [-0.1, -0.05) is 24.3 Å². The van der Waals surface area contributed by atoms with E-state index in [0.29, 0.717) is 24.1 Å². The predicted molar refractivity (Wildman–Crippen MR) is 106 cm³/mol. The molecule has 4 heteroatoms. The first-order valence-electron chi connectivity index (χ1n) is 9.87. The summed E-state index contributed by atoms with van der Waals surface area (Å²) in [5.74, 6) is 1.60. The highest BCUT2D eigenvalue weighted by atomic mass is 16.5. The Balaban J connectivity index is 1.36. The fourth-order valence-electron chi connectivity index (χ4n) is 3.52. The Morgan fingerprint density at radius 3 is 2.63 bits per heavy atom. The second kappa shape index (κ2) is 8.38. The number of benzene rings is 1. The third-order valence-corrected chi connectivity index (χ3v) is 5.30. The Morgan fingerprint density at radius 2 is 1.96 bits per heavy atom. The lowest BCUT2D eigenvalue weighted by atomic mass is 9.95. The highest BCUT2D eigenvalue weighted by Gasteiger charge is 2.33. The predicted octanol–water partition coefficient (Wildman–Crippen LogP) is 4.62. The fraction of sp³-hybridized carbons (Fsp3) is 0.391. The summed E-state index contributed by atoms with van der Waals surface area (Å²) in [5, 5.41) is 0. The molecule has 0 bridgehead atoms. The van der Waals surface area contributed by atoms with Crippen molar-refractivity contribution in [1.82, 2.24) is 9.88 Å². The highest BCUT2D eigenvalue weighted by molar-refractivity contribution is 5.94. The van der Waals surface area contributed by atoms with Crippen LogP contribution in [-0.4, -0.2) is 28.4 Å². The van der Waals surface area contributed by atoms with Gasteiger partial charge in [0.15, 0.2) is 0 Å². The molecule has 1 aromatic heterocycles. The van der Waals surface area contributed by atoms with Crippen LogP contribution in [0.25, 0.3) is 0 Å². The zero-order chi connectivity index (χ0) is 18.5. The van der Waals surface area contributed by atoms with Gasteiger partial charge in [-0.05, 0) is 67.9 Å². The molecule has 4 rings (SSSR count). The van der Waals surface area contributed by atoms with Gasteiger partial charge in [-0.2, -0.15) is 0 Å². The SMILES string of the molecule is O=C(c1cccnc1)N(Cc1ccc(OC[C@@H]2CC=CCC2)cc1)C1CC1. The molecule has 0 radical (unpaired) electrons. The molecule has 0 spiro atoms. The van der Waals surface area contributed by atoms with Crippen LogP contribution in [0.4, 0.5) is 0 Å². The van der Waals surface area contributed by atoms with Crippen molar-refractivity contribution in [3.63, 3.8) is 0 Å². The number of hydrogen-bond acceptors (Lipinski definition) is 3. The molecule has 4 nitrogen and oxygen atoms in total. The molecule has 0 saturated heterocycles. The van der Waals surface area contributed by atoms with Gasteiger partial charge in [-0.3, -0.25) is 9.78 Å². The highest BCUT2D eigenvalue weighted by Crippen LogP contribution is 2.30. The van der Waals surface area contributed by atoms with Crippen molar-refractivity contribution in [3.05, 3.63) is 72.1 Å². The Bertz CT molecular complexity index is 782. The van der Waals surface area contributed by atoms with Gasteiger partial charge >= 0.3 is 0 Å². The zero-order valence-corrected chi connectivity index (χ0v) is 15.6. The Labute approximate surface area is 160 Å². The lowest BCUT2D eigenvalue weighted by Crippen LogP contribution is -2.32. The molecule has 2 aromatic rings. The summed E-state index contributed by atoms with van der Waals surface area (Å²) in [4.78, 5) is 18.9. The summed E-state index contributed by atoms with van der Waals surface area (Å²) in [6, 6.07) is 12.2. The van der Waals surface area contributed by atoms with E-state index in [1.54, 1.807) is 12.4 Å². The van der Waals surface area contributed by atoms with E-state index in [1.807, 2.05) is 29.2 Å². The number of carbonyl (C=O) groups is 1. The number of ether oxygens (including phenoxy) is 1. The van der Waals surface area contributed by atoms with Crippen molar-refractivity contribution in [3.8, 4) is 5.75 Å². The Hall–Kier alpha value is -2.62. The van der Waals surface area contributed by atoms with Crippen LogP contribution in [-0.2, 0) is 6.54 Å². The number of rotatable bonds is 7. The number of nitrogens with zero attached hydrogens (tertiary/aromatic N) is 2. The van der Waals surface area contributed by atoms with E-state index >= 15 is 0 Å². The van der Waals surface area contributed by atoms with Crippen LogP contribution in [0.5, 0.6) is 5.75 Å². The molecular formula is C23H26N2O2. The summed E-state index contributed by atoms with van der Waals surface area (Å²) in [5.41, 5.74) is 1.79.